The fourth-order valence-electron chi connectivity index (χ4n) is 2.61. The summed E-state index contributed by atoms with van der Waals surface area (Å²) >= 11 is 0. The van der Waals surface area contributed by atoms with Crippen LogP contribution in [0.25, 0.3) is 16.9 Å². The van der Waals surface area contributed by atoms with Gasteiger partial charge in [0.2, 0.25) is 0 Å². The number of carbonyl (C=O) groups is 1. The monoisotopic (exact) mass is 339 g/mol. The molecule has 1 N–H and O–H groups in total. The second-order valence-corrected chi connectivity index (χ2v) is 6.03. The van der Waals surface area contributed by atoms with Gasteiger partial charge in [0.05, 0.1) is 11.4 Å². The predicted octanol–water partition coefficient (Wildman–Crippen LogP) is 3.71. The number of rotatable bonds is 4. The number of nitrogens with one attached hydrogen (secondary N) is 1. The average Bonchev–Trinajstić information content (AvgIpc) is 3.31. The highest BCUT2D eigenvalue weighted by molar-refractivity contribution is 5.94. The SMILES string of the molecule is O=C(NC1CC1)c1cc(-c2ccccc2F)nn1-c1ccc(F)cc1. The maximum absolute atomic E-state index is 14.1. The lowest BCUT2D eigenvalue weighted by molar-refractivity contribution is 0.0943. The van der Waals surface area contributed by atoms with Crippen molar-refractivity contribution in [3.63, 3.8) is 0 Å². The molecule has 3 aromatic rings. The molecule has 0 aliphatic heterocycles. The topological polar surface area (TPSA) is 46.9 Å². The van der Waals surface area contributed by atoms with Crippen molar-refractivity contribution in [2.75, 3.05) is 0 Å². The van der Waals surface area contributed by atoms with Gasteiger partial charge in [0.15, 0.2) is 0 Å². The highest BCUT2D eigenvalue weighted by Crippen LogP contribution is 2.25. The second-order valence-electron chi connectivity index (χ2n) is 6.03. The van der Waals surface area contributed by atoms with E-state index in [-0.39, 0.29) is 23.5 Å². The van der Waals surface area contributed by atoms with Gasteiger partial charge in [-0.05, 0) is 55.3 Å². The van der Waals surface area contributed by atoms with E-state index in [4.69, 9.17) is 0 Å². The van der Waals surface area contributed by atoms with Crippen LogP contribution >= 0.6 is 0 Å². The molecule has 1 aromatic heterocycles. The summed E-state index contributed by atoms with van der Waals surface area (Å²) in [5.41, 5.74) is 1.48. The Morgan fingerprint density at radius 3 is 2.48 bits per heavy atom. The summed E-state index contributed by atoms with van der Waals surface area (Å²) < 4.78 is 28.7. The normalized spacial score (nSPS) is 13.7. The van der Waals surface area contributed by atoms with Gasteiger partial charge in [0, 0.05) is 11.6 Å². The fourth-order valence-corrected chi connectivity index (χ4v) is 2.61. The molecule has 4 nitrogen and oxygen atoms in total. The van der Waals surface area contributed by atoms with Gasteiger partial charge < -0.3 is 5.32 Å². The molecule has 126 valence electrons. The summed E-state index contributed by atoms with van der Waals surface area (Å²) in [6.07, 6.45) is 1.91. The molecule has 1 fully saturated rings. The molecule has 0 bridgehead atoms. The van der Waals surface area contributed by atoms with Crippen LogP contribution in [-0.2, 0) is 0 Å². The first-order chi connectivity index (χ1) is 12.1. The van der Waals surface area contributed by atoms with Crippen LogP contribution in [0.4, 0.5) is 8.78 Å². The zero-order valence-corrected chi connectivity index (χ0v) is 13.2. The van der Waals surface area contributed by atoms with Gasteiger partial charge in [0.1, 0.15) is 17.3 Å². The summed E-state index contributed by atoms with van der Waals surface area (Å²) in [5.74, 6) is -1.07. The molecule has 1 saturated carbocycles. The van der Waals surface area contributed by atoms with Crippen molar-refractivity contribution in [3.8, 4) is 16.9 Å². The Morgan fingerprint density at radius 1 is 1.08 bits per heavy atom. The molecule has 25 heavy (non-hydrogen) atoms. The third kappa shape index (κ3) is 3.15. The van der Waals surface area contributed by atoms with Gasteiger partial charge in [-0.15, -0.1) is 0 Å². The first kappa shape index (κ1) is 15.5. The molecule has 1 aliphatic rings. The summed E-state index contributed by atoms with van der Waals surface area (Å²) in [7, 11) is 0. The molecule has 0 saturated heterocycles. The van der Waals surface area contributed by atoms with Crippen LogP contribution in [0.15, 0.2) is 54.6 Å². The van der Waals surface area contributed by atoms with Crippen LogP contribution in [0.3, 0.4) is 0 Å². The Bertz CT molecular complexity index is 930. The number of amides is 1. The molecule has 0 spiro atoms. The Balaban J connectivity index is 1.81. The number of carbonyl (C=O) groups excluding carboxylic acids is 1. The number of aromatic nitrogens is 2. The number of benzene rings is 2. The highest BCUT2D eigenvalue weighted by Gasteiger charge is 2.26. The van der Waals surface area contributed by atoms with Crippen molar-refractivity contribution in [2.45, 2.75) is 18.9 Å². The Morgan fingerprint density at radius 2 is 1.80 bits per heavy atom. The molecule has 0 radical (unpaired) electrons. The maximum Gasteiger partial charge on any atom is 0.270 e. The summed E-state index contributed by atoms with van der Waals surface area (Å²) in [6.45, 7) is 0. The maximum atomic E-state index is 14.1. The molecule has 6 heteroatoms. The molecule has 1 aliphatic carbocycles. The van der Waals surface area contributed by atoms with Gasteiger partial charge >= 0.3 is 0 Å². The minimum absolute atomic E-state index is 0.181. The van der Waals surface area contributed by atoms with Gasteiger partial charge in [-0.1, -0.05) is 12.1 Å². The lowest BCUT2D eigenvalue weighted by Crippen LogP contribution is -2.27. The average molecular weight is 339 g/mol. The van der Waals surface area contributed by atoms with Crippen LogP contribution in [0.2, 0.25) is 0 Å². The highest BCUT2D eigenvalue weighted by atomic mass is 19.1. The van der Waals surface area contributed by atoms with E-state index in [1.807, 2.05) is 0 Å². The van der Waals surface area contributed by atoms with E-state index in [1.54, 1.807) is 24.3 Å². The minimum Gasteiger partial charge on any atom is -0.348 e. The summed E-state index contributed by atoms with van der Waals surface area (Å²) in [4.78, 5) is 12.5. The van der Waals surface area contributed by atoms with Gasteiger partial charge in [0.25, 0.3) is 5.91 Å². The van der Waals surface area contributed by atoms with Crippen LogP contribution in [0.5, 0.6) is 0 Å². The fraction of sp³-hybridized carbons (Fsp3) is 0.158. The van der Waals surface area contributed by atoms with Crippen molar-refractivity contribution < 1.29 is 13.6 Å². The molecule has 2 aromatic carbocycles. The lowest BCUT2D eigenvalue weighted by Gasteiger charge is -2.07. The van der Waals surface area contributed by atoms with E-state index in [0.717, 1.165) is 12.8 Å². The standard InChI is InChI=1S/C19H15F2N3O/c20-12-5-9-14(10-6-12)24-18(19(25)22-13-7-8-13)11-17(23-24)15-3-1-2-4-16(15)21/h1-6,9-11,13H,7-8H2,(H,22,25). The molecule has 0 unspecified atom stereocenters. The molecule has 1 amide bonds. The molecular weight excluding hydrogens is 324 g/mol. The van der Waals surface area contributed by atoms with Crippen molar-refractivity contribution in [3.05, 3.63) is 71.9 Å². The van der Waals surface area contributed by atoms with E-state index in [2.05, 4.69) is 10.4 Å². The number of hydrogen-bond acceptors (Lipinski definition) is 2. The first-order valence-corrected chi connectivity index (χ1v) is 8.03. The van der Waals surface area contributed by atoms with Crippen molar-refractivity contribution in [2.24, 2.45) is 0 Å². The van der Waals surface area contributed by atoms with E-state index in [0.29, 0.717) is 16.9 Å². The summed E-state index contributed by atoms with van der Waals surface area (Å²) in [6, 6.07) is 13.6. The van der Waals surface area contributed by atoms with Crippen molar-refractivity contribution >= 4 is 5.91 Å². The summed E-state index contributed by atoms with van der Waals surface area (Å²) in [5, 5.41) is 7.29. The lowest BCUT2D eigenvalue weighted by atomic mass is 10.1. The number of halogens is 2. The Labute approximate surface area is 143 Å². The third-order valence-electron chi connectivity index (χ3n) is 4.08. The van der Waals surface area contributed by atoms with Gasteiger partial charge in [-0.25, -0.2) is 13.5 Å². The van der Waals surface area contributed by atoms with Crippen LogP contribution in [0, 0.1) is 11.6 Å². The quantitative estimate of drug-likeness (QED) is 0.788. The molecule has 1 heterocycles. The van der Waals surface area contributed by atoms with Crippen molar-refractivity contribution in [1.29, 1.82) is 0 Å². The second kappa shape index (κ2) is 6.12. The van der Waals surface area contributed by atoms with Crippen LogP contribution in [0.1, 0.15) is 23.3 Å². The van der Waals surface area contributed by atoms with E-state index >= 15 is 0 Å². The number of hydrogen-bond donors (Lipinski definition) is 1. The Hall–Kier alpha value is -3.02. The van der Waals surface area contributed by atoms with E-state index in [9.17, 15) is 13.6 Å². The molecule has 4 rings (SSSR count). The Kier molecular flexibility index (Phi) is 3.80. The predicted molar refractivity (Wildman–Crippen MR) is 89.4 cm³/mol. The van der Waals surface area contributed by atoms with Gasteiger partial charge in [-0.2, -0.15) is 5.10 Å². The van der Waals surface area contributed by atoms with Crippen LogP contribution < -0.4 is 5.32 Å². The van der Waals surface area contributed by atoms with Gasteiger partial charge in [-0.3, -0.25) is 4.79 Å². The van der Waals surface area contributed by atoms with E-state index < -0.39 is 5.82 Å². The first-order valence-electron chi connectivity index (χ1n) is 8.03. The zero-order valence-electron chi connectivity index (χ0n) is 13.2. The number of nitrogens with zero attached hydrogens (tertiary/aromatic N) is 2. The smallest absolute Gasteiger partial charge is 0.270 e. The van der Waals surface area contributed by atoms with Crippen molar-refractivity contribution in [1.82, 2.24) is 15.1 Å². The molecule has 0 atom stereocenters. The zero-order chi connectivity index (χ0) is 17.4. The van der Waals surface area contributed by atoms with E-state index in [1.165, 1.54) is 35.0 Å². The van der Waals surface area contributed by atoms with Crippen LogP contribution in [-0.4, -0.2) is 21.7 Å². The largest absolute Gasteiger partial charge is 0.348 e. The minimum atomic E-state index is -0.416. The third-order valence-corrected chi connectivity index (χ3v) is 4.08. The molecular formula is C19H15F2N3O.